The van der Waals surface area contributed by atoms with Crippen LogP contribution in [0.15, 0.2) is 66.4 Å². The molecule has 1 aliphatic rings. The number of aryl methyl sites for hydroxylation is 2. The summed E-state index contributed by atoms with van der Waals surface area (Å²) in [6.07, 6.45) is 2.94. The number of benzene rings is 3. The van der Waals surface area contributed by atoms with Crippen LogP contribution in [0.2, 0.25) is 0 Å². The van der Waals surface area contributed by atoms with Crippen molar-refractivity contribution in [3.63, 3.8) is 0 Å². The van der Waals surface area contributed by atoms with E-state index in [-0.39, 0.29) is 34.0 Å². The molecule has 3 aromatic rings. The number of hydrogen-bond donors (Lipinski definition) is 4. The topological polar surface area (TPSA) is 98.7 Å². The lowest BCUT2D eigenvalue weighted by Gasteiger charge is -2.21. The van der Waals surface area contributed by atoms with Crippen molar-refractivity contribution in [3.05, 3.63) is 88.6 Å². The second-order valence-electron chi connectivity index (χ2n) is 7.64. The average Bonchev–Trinajstić information content (AvgIpc) is 2.80. The van der Waals surface area contributed by atoms with Gasteiger partial charge in [-0.25, -0.2) is 0 Å². The normalized spacial score (nSPS) is 12.9. The zero-order chi connectivity index (χ0) is 22.8. The van der Waals surface area contributed by atoms with Gasteiger partial charge in [0.1, 0.15) is 5.75 Å². The molecule has 32 heavy (non-hydrogen) atoms. The zero-order valence-electron chi connectivity index (χ0n) is 17.9. The van der Waals surface area contributed by atoms with E-state index in [1.165, 1.54) is 6.07 Å². The van der Waals surface area contributed by atoms with E-state index in [1.54, 1.807) is 0 Å². The predicted molar refractivity (Wildman–Crippen MR) is 125 cm³/mol. The van der Waals surface area contributed by atoms with Crippen molar-refractivity contribution in [2.75, 3.05) is 10.6 Å². The fraction of sp³-hybridized carbons (Fsp3) is 0.154. The van der Waals surface area contributed by atoms with Gasteiger partial charge in [0.2, 0.25) is 5.78 Å². The number of Topliss-reactive ketones (excluding diaryl/α,β-unsaturated/α-hetero) is 1. The maximum atomic E-state index is 13.0. The Labute approximate surface area is 186 Å². The molecule has 0 aromatic heterocycles. The van der Waals surface area contributed by atoms with Gasteiger partial charge in [0.15, 0.2) is 11.5 Å². The minimum absolute atomic E-state index is 0.0392. The van der Waals surface area contributed by atoms with E-state index in [1.807, 2.05) is 55.5 Å². The van der Waals surface area contributed by atoms with Crippen LogP contribution in [-0.4, -0.2) is 21.8 Å². The molecule has 0 radical (unpaired) electrons. The number of anilines is 3. The van der Waals surface area contributed by atoms with Gasteiger partial charge in [0, 0.05) is 23.5 Å². The van der Waals surface area contributed by atoms with Gasteiger partial charge in [-0.2, -0.15) is 0 Å². The summed E-state index contributed by atoms with van der Waals surface area (Å²) in [7, 11) is 0. The third kappa shape index (κ3) is 3.95. The van der Waals surface area contributed by atoms with Crippen LogP contribution in [0.25, 0.3) is 0 Å². The van der Waals surface area contributed by atoms with Gasteiger partial charge in [-0.15, -0.1) is 0 Å². The molecule has 0 amide bonds. The van der Waals surface area contributed by atoms with Crippen molar-refractivity contribution in [2.45, 2.75) is 26.7 Å². The molecule has 1 aliphatic carbocycles. The Morgan fingerprint density at radius 2 is 1.28 bits per heavy atom. The summed E-state index contributed by atoms with van der Waals surface area (Å²) in [6.45, 7) is 4.10. The molecule has 0 unspecified atom stereocenters. The summed E-state index contributed by atoms with van der Waals surface area (Å²) in [5.41, 5.74) is 3.39. The average molecular weight is 428 g/mol. The predicted octanol–water partition coefficient (Wildman–Crippen LogP) is 5.34. The second-order valence-corrected chi connectivity index (χ2v) is 7.64. The highest BCUT2D eigenvalue weighted by atomic mass is 16.3. The van der Waals surface area contributed by atoms with Crippen molar-refractivity contribution >= 4 is 28.6 Å². The number of allylic oxidation sites excluding steroid dienone is 2. The molecule has 0 fully saturated rings. The van der Waals surface area contributed by atoms with Crippen LogP contribution in [0.1, 0.15) is 45.7 Å². The number of aromatic hydroxyl groups is 2. The van der Waals surface area contributed by atoms with E-state index in [2.05, 4.69) is 17.6 Å². The summed E-state index contributed by atoms with van der Waals surface area (Å²) in [5.74, 6) is -1.88. The van der Waals surface area contributed by atoms with Gasteiger partial charge in [-0.1, -0.05) is 38.1 Å². The maximum absolute atomic E-state index is 13.0. The number of phenols is 2. The number of rotatable bonds is 6. The lowest BCUT2D eigenvalue weighted by Crippen LogP contribution is -2.22. The lowest BCUT2D eigenvalue weighted by molar-refractivity contribution is 0.0980. The molecule has 0 spiro atoms. The number of nitrogens with one attached hydrogen (secondary N) is 2. The fourth-order valence-electron chi connectivity index (χ4n) is 3.68. The number of phenolic OH excluding ortho intramolecular Hbond substituents is 2. The minimum Gasteiger partial charge on any atom is -0.507 e. The molecule has 0 saturated carbocycles. The Morgan fingerprint density at radius 1 is 0.750 bits per heavy atom. The Balaban J connectivity index is 1.65. The molecule has 4 rings (SSSR count). The number of ketones is 2. The van der Waals surface area contributed by atoms with Gasteiger partial charge in [0.25, 0.3) is 0 Å². The van der Waals surface area contributed by atoms with E-state index >= 15 is 0 Å². The van der Waals surface area contributed by atoms with Gasteiger partial charge in [-0.3, -0.25) is 9.59 Å². The lowest BCUT2D eigenvalue weighted by atomic mass is 9.90. The summed E-state index contributed by atoms with van der Waals surface area (Å²) >= 11 is 0. The molecule has 4 N–H and O–H groups in total. The molecule has 0 saturated heterocycles. The van der Waals surface area contributed by atoms with Gasteiger partial charge in [0.05, 0.1) is 22.5 Å². The third-order valence-corrected chi connectivity index (χ3v) is 5.56. The van der Waals surface area contributed by atoms with Crippen LogP contribution in [0.5, 0.6) is 11.5 Å². The summed E-state index contributed by atoms with van der Waals surface area (Å²) in [6, 6.07) is 16.3. The molecule has 0 bridgehead atoms. The Kier molecular flexibility index (Phi) is 5.69. The van der Waals surface area contributed by atoms with Crippen molar-refractivity contribution in [3.8, 4) is 11.5 Å². The van der Waals surface area contributed by atoms with E-state index < -0.39 is 11.6 Å². The van der Waals surface area contributed by atoms with Crippen molar-refractivity contribution in [2.24, 2.45) is 0 Å². The fourth-order valence-corrected chi connectivity index (χ4v) is 3.68. The Morgan fingerprint density at radius 3 is 1.81 bits per heavy atom. The Bertz CT molecular complexity index is 1230. The number of fused-ring (bicyclic) bond motifs is 1. The van der Waals surface area contributed by atoms with Crippen molar-refractivity contribution in [1.29, 1.82) is 0 Å². The van der Waals surface area contributed by atoms with Crippen molar-refractivity contribution in [1.82, 2.24) is 0 Å². The number of carbonyl (C=O) groups is 2. The molecule has 6 nitrogen and oxygen atoms in total. The SMILES string of the molecule is CCc1ccc(NC2=CC(=O)c3c(O)c(Nc4ccc(CC)cc4)cc(O)c3C2=O)cc1. The molecule has 0 aliphatic heterocycles. The molecule has 0 atom stereocenters. The van der Waals surface area contributed by atoms with E-state index in [4.69, 9.17) is 0 Å². The largest absolute Gasteiger partial charge is 0.507 e. The van der Waals surface area contributed by atoms with E-state index in [9.17, 15) is 19.8 Å². The van der Waals surface area contributed by atoms with Crippen LogP contribution in [0.4, 0.5) is 17.1 Å². The highest BCUT2D eigenvalue weighted by Crippen LogP contribution is 2.41. The molecular formula is C26H24N2O4. The van der Waals surface area contributed by atoms with Crippen LogP contribution in [-0.2, 0) is 12.8 Å². The summed E-state index contributed by atoms with van der Waals surface area (Å²) < 4.78 is 0. The quantitative estimate of drug-likeness (QED) is 0.312. The van der Waals surface area contributed by atoms with Crippen LogP contribution >= 0.6 is 0 Å². The minimum atomic E-state index is -0.565. The number of carbonyl (C=O) groups excluding carboxylic acids is 2. The van der Waals surface area contributed by atoms with Crippen LogP contribution in [0.3, 0.4) is 0 Å². The summed E-state index contributed by atoms with van der Waals surface area (Å²) in [5, 5.41) is 27.3. The molecule has 6 heteroatoms. The number of hydrogen-bond acceptors (Lipinski definition) is 6. The monoisotopic (exact) mass is 428 g/mol. The highest BCUT2D eigenvalue weighted by Gasteiger charge is 2.33. The molecular weight excluding hydrogens is 404 g/mol. The second kappa shape index (κ2) is 8.59. The third-order valence-electron chi connectivity index (χ3n) is 5.56. The highest BCUT2D eigenvalue weighted by molar-refractivity contribution is 6.28. The first kappa shape index (κ1) is 21.2. The maximum Gasteiger partial charge on any atom is 0.213 e. The first-order chi connectivity index (χ1) is 15.4. The first-order valence-corrected chi connectivity index (χ1v) is 10.5. The summed E-state index contributed by atoms with van der Waals surface area (Å²) in [4.78, 5) is 25.9. The van der Waals surface area contributed by atoms with E-state index in [0.29, 0.717) is 11.4 Å². The van der Waals surface area contributed by atoms with E-state index in [0.717, 1.165) is 30.0 Å². The Hall–Kier alpha value is -4.06. The first-order valence-electron chi connectivity index (χ1n) is 10.5. The van der Waals surface area contributed by atoms with Crippen LogP contribution < -0.4 is 10.6 Å². The van der Waals surface area contributed by atoms with Gasteiger partial charge >= 0.3 is 0 Å². The standard InChI is InChI=1S/C26H24N2O4/c1-3-15-5-9-17(10-6-15)27-19-13-21(29)24-23(25(19)31)22(30)14-20(26(24)32)28-18-11-7-16(4-2)8-12-18/h5-14,27-29,31H,3-4H2,1-2H3. The zero-order valence-corrected chi connectivity index (χ0v) is 17.9. The van der Waals surface area contributed by atoms with Crippen LogP contribution in [0, 0.1) is 0 Å². The molecule has 162 valence electrons. The molecule has 3 aromatic carbocycles. The van der Waals surface area contributed by atoms with Gasteiger partial charge in [-0.05, 0) is 48.2 Å². The van der Waals surface area contributed by atoms with Crippen molar-refractivity contribution < 1.29 is 19.8 Å². The smallest absolute Gasteiger partial charge is 0.213 e. The van der Waals surface area contributed by atoms with Gasteiger partial charge < -0.3 is 20.8 Å². The molecule has 0 heterocycles.